The number of hydrogen-bond acceptors (Lipinski definition) is 4. The summed E-state index contributed by atoms with van der Waals surface area (Å²) < 4.78 is 5.42. The molecule has 0 spiro atoms. The van der Waals surface area contributed by atoms with Crippen LogP contribution in [0.5, 0.6) is 0 Å². The van der Waals surface area contributed by atoms with Gasteiger partial charge in [-0.15, -0.1) is 0 Å². The highest BCUT2D eigenvalue weighted by Gasteiger charge is 2.31. The minimum absolute atomic E-state index is 0.102. The molecule has 98 valence electrons. The Bertz CT molecular complexity index is 254. The number of nitrogens with zero attached hydrogens (tertiary/aromatic N) is 1. The van der Waals surface area contributed by atoms with Gasteiger partial charge in [-0.25, -0.2) is 0 Å². The van der Waals surface area contributed by atoms with Crippen molar-refractivity contribution in [1.82, 2.24) is 15.5 Å². The number of likely N-dealkylation sites (N-methyl/N-ethyl adjacent to an activating group) is 1. The number of amides is 1. The fraction of sp³-hybridized carbons (Fsp3) is 0.917. The van der Waals surface area contributed by atoms with E-state index in [9.17, 15) is 4.79 Å². The molecule has 0 aromatic heterocycles. The molecule has 5 heteroatoms. The Morgan fingerprint density at radius 3 is 3.18 bits per heavy atom. The van der Waals surface area contributed by atoms with Crippen LogP contribution in [-0.4, -0.2) is 62.3 Å². The van der Waals surface area contributed by atoms with E-state index in [4.69, 9.17) is 4.74 Å². The Balaban J connectivity index is 1.89. The molecule has 5 nitrogen and oxygen atoms in total. The van der Waals surface area contributed by atoms with Gasteiger partial charge in [0.15, 0.2) is 0 Å². The van der Waals surface area contributed by atoms with Gasteiger partial charge in [0.1, 0.15) is 6.04 Å². The van der Waals surface area contributed by atoms with Crippen molar-refractivity contribution < 1.29 is 9.53 Å². The molecule has 0 saturated carbocycles. The zero-order chi connectivity index (χ0) is 12.1. The highest BCUT2D eigenvalue weighted by Crippen LogP contribution is 2.12. The third-order valence-corrected chi connectivity index (χ3v) is 3.51. The van der Waals surface area contributed by atoms with E-state index in [2.05, 4.69) is 15.5 Å². The van der Waals surface area contributed by atoms with E-state index >= 15 is 0 Å². The maximum atomic E-state index is 11.9. The van der Waals surface area contributed by atoms with Crippen LogP contribution in [0.1, 0.15) is 19.8 Å². The summed E-state index contributed by atoms with van der Waals surface area (Å²) in [6, 6.07) is 0.441. The van der Waals surface area contributed by atoms with E-state index in [1.54, 1.807) is 0 Å². The first-order valence-electron chi connectivity index (χ1n) is 6.64. The first-order chi connectivity index (χ1) is 8.31. The van der Waals surface area contributed by atoms with Crippen molar-refractivity contribution in [2.45, 2.75) is 31.8 Å². The molecular weight excluding hydrogens is 218 g/mol. The summed E-state index contributed by atoms with van der Waals surface area (Å²) in [7, 11) is 0. The molecule has 0 aliphatic carbocycles. The average Bonchev–Trinajstić information content (AvgIpc) is 2.83. The first kappa shape index (κ1) is 12.8. The molecule has 0 aromatic carbocycles. The predicted octanol–water partition coefficient (Wildman–Crippen LogP) is -0.425. The highest BCUT2D eigenvalue weighted by atomic mass is 16.5. The maximum Gasteiger partial charge on any atom is 0.239 e. The standard InChI is InChI=1S/C12H23N3O2/c1-2-13-12(16)11-9-17-7-6-15(11)8-10-4-3-5-14-10/h10-11,14H,2-9H2,1H3,(H,13,16)/t10-,11?/m0/s1. The summed E-state index contributed by atoms with van der Waals surface area (Å²) in [5, 5.41) is 6.37. The van der Waals surface area contributed by atoms with Crippen LogP contribution in [0.15, 0.2) is 0 Å². The lowest BCUT2D eigenvalue weighted by atomic mass is 10.1. The average molecular weight is 241 g/mol. The molecule has 2 aliphatic heterocycles. The van der Waals surface area contributed by atoms with Crippen LogP contribution in [-0.2, 0) is 9.53 Å². The molecule has 1 amide bonds. The molecule has 2 rings (SSSR count). The lowest BCUT2D eigenvalue weighted by Gasteiger charge is -2.36. The van der Waals surface area contributed by atoms with Crippen molar-refractivity contribution in [2.75, 3.05) is 39.4 Å². The van der Waals surface area contributed by atoms with Crippen molar-refractivity contribution in [3.8, 4) is 0 Å². The minimum atomic E-state index is -0.105. The summed E-state index contributed by atoms with van der Waals surface area (Å²) in [6.07, 6.45) is 2.47. The number of ether oxygens (including phenoxy) is 1. The number of hydrogen-bond donors (Lipinski definition) is 2. The first-order valence-corrected chi connectivity index (χ1v) is 6.64. The fourth-order valence-electron chi connectivity index (χ4n) is 2.59. The van der Waals surface area contributed by atoms with E-state index in [0.29, 0.717) is 19.2 Å². The second-order valence-corrected chi connectivity index (χ2v) is 4.77. The maximum absolute atomic E-state index is 11.9. The van der Waals surface area contributed by atoms with Gasteiger partial charge < -0.3 is 15.4 Å². The van der Waals surface area contributed by atoms with Crippen LogP contribution in [0.3, 0.4) is 0 Å². The Kier molecular flexibility index (Phi) is 4.76. The third-order valence-electron chi connectivity index (χ3n) is 3.51. The smallest absolute Gasteiger partial charge is 0.239 e. The number of rotatable bonds is 4. The van der Waals surface area contributed by atoms with Gasteiger partial charge in [-0.3, -0.25) is 9.69 Å². The Morgan fingerprint density at radius 1 is 1.59 bits per heavy atom. The number of morpholine rings is 1. The summed E-state index contributed by atoms with van der Waals surface area (Å²) >= 11 is 0. The number of carbonyl (C=O) groups excluding carboxylic acids is 1. The SMILES string of the molecule is CCNC(=O)C1COCCN1C[C@@H]1CCCN1. The lowest BCUT2D eigenvalue weighted by Crippen LogP contribution is -2.56. The van der Waals surface area contributed by atoms with Gasteiger partial charge in [-0.1, -0.05) is 0 Å². The van der Waals surface area contributed by atoms with Gasteiger partial charge >= 0.3 is 0 Å². The van der Waals surface area contributed by atoms with E-state index in [1.807, 2.05) is 6.92 Å². The van der Waals surface area contributed by atoms with Gasteiger partial charge in [0.05, 0.1) is 13.2 Å². The molecule has 0 aromatic rings. The molecule has 2 saturated heterocycles. The van der Waals surface area contributed by atoms with Crippen LogP contribution in [0, 0.1) is 0 Å². The third kappa shape index (κ3) is 3.40. The van der Waals surface area contributed by atoms with E-state index in [1.165, 1.54) is 12.8 Å². The summed E-state index contributed by atoms with van der Waals surface area (Å²) in [5.74, 6) is 0.102. The van der Waals surface area contributed by atoms with Crippen LogP contribution in [0.2, 0.25) is 0 Å². The molecule has 0 radical (unpaired) electrons. The Labute approximate surface area is 103 Å². The van der Waals surface area contributed by atoms with Crippen molar-refractivity contribution in [2.24, 2.45) is 0 Å². The van der Waals surface area contributed by atoms with Gasteiger partial charge in [0.2, 0.25) is 5.91 Å². The fourth-order valence-corrected chi connectivity index (χ4v) is 2.59. The molecule has 1 unspecified atom stereocenters. The van der Waals surface area contributed by atoms with Gasteiger partial charge in [-0.05, 0) is 26.3 Å². The molecule has 2 fully saturated rings. The molecule has 2 heterocycles. The van der Waals surface area contributed by atoms with Crippen LogP contribution >= 0.6 is 0 Å². The van der Waals surface area contributed by atoms with Gasteiger partial charge in [0.25, 0.3) is 0 Å². The molecule has 2 N–H and O–H groups in total. The second-order valence-electron chi connectivity index (χ2n) is 4.77. The van der Waals surface area contributed by atoms with E-state index in [-0.39, 0.29) is 11.9 Å². The number of nitrogens with one attached hydrogen (secondary N) is 2. The Morgan fingerprint density at radius 2 is 2.47 bits per heavy atom. The normalized spacial score (nSPS) is 30.4. The topological polar surface area (TPSA) is 53.6 Å². The molecule has 2 aliphatic rings. The molecular formula is C12H23N3O2. The molecule has 0 bridgehead atoms. The highest BCUT2D eigenvalue weighted by molar-refractivity contribution is 5.81. The van der Waals surface area contributed by atoms with Crippen molar-refractivity contribution in [3.05, 3.63) is 0 Å². The van der Waals surface area contributed by atoms with E-state index < -0.39 is 0 Å². The largest absolute Gasteiger partial charge is 0.378 e. The molecule has 2 atom stereocenters. The van der Waals surface area contributed by atoms with Crippen LogP contribution in [0.25, 0.3) is 0 Å². The Hall–Kier alpha value is -0.650. The summed E-state index contributed by atoms with van der Waals surface area (Å²) in [4.78, 5) is 14.2. The monoisotopic (exact) mass is 241 g/mol. The minimum Gasteiger partial charge on any atom is -0.378 e. The van der Waals surface area contributed by atoms with Crippen molar-refractivity contribution >= 4 is 5.91 Å². The quantitative estimate of drug-likeness (QED) is 0.701. The predicted molar refractivity (Wildman–Crippen MR) is 65.9 cm³/mol. The van der Waals surface area contributed by atoms with E-state index in [0.717, 1.165) is 26.2 Å². The van der Waals surface area contributed by atoms with Gasteiger partial charge in [0, 0.05) is 25.7 Å². The summed E-state index contributed by atoms with van der Waals surface area (Å²) in [5.41, 5.74) is 0. The van der Waals surface area contributed by atoms with Crippen LogP contribution in [0.4, 0.5) is 0 Å². The lowest BCUT2D eigenvalue weighted by molar-refractivity contribution is -0.132. The molecule has 17 heavy (non-hydrogen) atoms. The second kappa shape index (κ2) is 6.33. The van der Waals surface area contributed by atoms with Crippen molar-refractivity contribution in [1.29, 1.82) is 0 Å². The summed E-state index contributed by atoms with van der Waals surface area (Å²) in [6.45, 7) is 6.84. The zero-order valence-electron chi connectivity index (χ0n) is 10.6. The van der Waals surface area contributed by atoms with Crippen LogP contribution < -0.4 is 10.6 Å². The number of carbonyl (C=O) groups is 1. The zero-order valence-corrected chi connectivity index (χ0v) is 10.6. The van der Waals surface area contributed by atoms with Gasteiger partial charge in [-0.2, -0.15) is 0 Å². The van der Waals surface area contributed by atoms with Crippen molar-refractivity contribution in [3.63, 3.8) is 0 Å².